The number of sulfonamides is 1. The SMILES string of the molecule is O=C(/C=C/c1ccc(Cl)cc1)Nc1cccc(S(=O)(=O)N2CCOCC2)c1. The van der Waals surface area contributed by atoms with Crippen LogP contribution in [0.4, 0.5) is 5.69 Å². The number of amides is 1. The second-order valence-corrected chi connectivity index (χ2v) is 8.29. The lowest BCUT2D eigenvalue weighted by Gasteiger charge is -2.26. The molecule has 1 amide bonds. The number of carbonyl (C=O) groups is 1. The van der Waals surface area contributed by atoms with Crippen molar-refractivity contribution in [2.75, 3.05) is 31.6 Å². The van der Waals surface area contributed by atoms with Crippen molar-refractivity contribution in [2.24, 2.45) is 0 Å². The van der Waals surface area contributed by atoms with Gasteiger partial charge < -0.3 is 10.1 Å². The highest BCUT2D eigenvalue weighted by atomic mass is 35.5. The van der Waals surface area contributed by atoms with Gasteiger partial charge in [0.2, 0.25) is 15.9 Å². The van der Waals surface area contributed by atoms with Crippen LogP contribution in [-0.4, -0.2) is 44.9 Å². The minimum absolute atomic E-state index is 0.142. The Bertz CT molecular complexity index is 936. The Morgan fingerprint density at radius 3 is 2.52 bits per heavy atom. The fourth-order valence-electron chi connectivity index (χ4n) is 2.60. The molecule has 3 rings (SSSR count). The predicted molar refractivity (Wildman–Crippen MR) is 105 cm³/mol. The van der Waals surface area contributed by atoms with Crippen LogP contribution in [-0.2, 0) is 19.6 Å². The van der Waals surface area contributed by atoms with Crippen molar-refractivity contribution in [1.82, 2.24) is 4.31 Å². The molecule has 1 saturated heterocycles. The van der Waals surface area contributed by atoms with E-state index in [9.17, 15) is 13.2 Å². The molecule has 0 unspecified atom stereocenters. The first kappa shape index (κ1) is 19.6. The van der Waals surface area contributed by atoms with Crippen molar-refractivity contribution < 1.29 is 17.9 Å². The summed E-state index contributed by atoms with van der Waals surface area (Å²) in [6.07, 6.45) is 3.03. The maximum atomic E-state index is 12.7. The van der Waals surface area contributed by atoms with E-state index in [4.69, 9.17) is 16.3 Å². The molecule has 1 aliphatic heterocycles. The fourth-order valence-corrected chi connectivity index (χ4v) is 4.18. The van der Waals surface area contributed by atoms with Crippen molar-refractivity contribution in [2.45, 2.75) is 4.90 Å². The molecule has 0 aromatic heterocycles. The van der Waals surface area contributed by atoms with Crippen LogP contribution in [0, 0.1) is 0 Å². The second kappa shape index (κ2) is 8.67. The molecule has 2 aromatic rings. The topological polar surface area (TPSA) is 75.7 Å². The summed E-state index contributed by atoms with van der Waals surface area (Å²) in [4.78, 5) is 12.3. The molecule has 0 atom stereocenters. The number of carbonyl (C=O) groups excluding carboxylic acids is 1. The van der Waals surface area contributed by atoms with E-state index < -0.39 is 10.0 Å². The van der Waals surface area contributed by atoms with Gasteiger partial charge in [-0.15, -0.1) is 0 Å². The summed E-state index contributed by atoms with van der Waals surface area (Å²) in [5, 5.41) is 3.30. The highest BCUT2D eigenvalue weighted by Crippen LogP contribution is 2.20. The Hall–Kier alpha value is -2.19. The number of hydrogen-bond donors (Lipinski definition) is 1. The average Bonchev–Trinajstić information content (AvgIpc) is 2.68. The van der Waals surface area contributed by atoms with Crippen LogP contribution in [0.3, 0.4) is 0 Å². The number of morpholine rings is 1. The molecule has 0 bridgehead atoms. The number of halogens is 1. The van der Waals surface area contributed by atoms with Crippen LogP contribution in [0.1, 0.15) is 5.56 Å². The van der Waals surface area contributed by atoms with Crippen LogP contribution in [0.5, 0.6) is 0 Å². The van der Waals surface area contributed by atoms with Crippen LogP contribution < -0.4 is 5.32 Å². The van der Waals surface area contributed by atoms with Crippen molar-refractivity contribution in [3.05, 3.63) is 65.2 Å². The third kappa shape index (κ3) is 5.17. The summed E-state index contributed by atoms with van der Waals surface area (Å²) >= 11 is 5.83. The Labute approximate surface area is 163 Å². The lowest BCUT2D eigenvalue weighted by atomic mass is 10.2. The minimum atomic E-state index is -3.61. The van der Waals surface area contributed by atoms with Gasteiger partial charge in [-0.05, 0) is 42.0 Å². The molecule has 1 aliphatic rings. The third-order valence-corrected chi connectivity index (χ3v) is 6.15. The summed E-state index contributed by atoms with van der Waals surface area (Å²) < 4.78 is 32.0. The zero-order chi connectivity index (χ0) is 19.3. The van der Waals surface area contributed by atoms with E-state index in [0.29, 0.717) is 37.0 Å². The number of benzene rings is 2. The summed E-state index contributed by atoms with van der Waals surface area (Å²) in [5.74, 6) is -0.356. The molecule has 0 radical (unpaired) electrons. The second-order valence-electron chi connectivity index (χ2n) is 5.92. The van der Waals surface area contributed by atoms with E-state index in [2.05, 4.69) is 5.32 Å². The summed E-state index contributed by atoms with van der Waals surface area (Å²) in [6, 6.07) is 13.3. The Kier molecular flexibility index (Phi) is 6.28. The van der Waals surface area contributed by atoms with Gasteiger partial charge in [0.05, 0.1) is 18.1 Å². The quantitative estimate of drug-likeness (QED) is 0.774. The van der Waals surface area contributed by atoms with Gasteiger partial charge in [0.15, 0.2) is 0 Å². The monoisotopic (exact) mass is 406 g/mol. The van der Waals surface area contributed by atoms with Gasteiger partial charge in [-0.2, -0.15) is 4.31 Å². The van der Waals surface area contributed by atoms with Gasteiger partial charge >= 0.3 is 0 Å². The molecular weight excluding hydrogens is 388 g/mol. The molecule has 0 spiro atoms. The lowest BCUT2D eigenvalue weighted by Crippen LogP contribution is -2.40. The minimum Gasteiger partial charge on any atom is -0.379 e. The van der Waals surface area contributed by atoms with E-state index in [0.717, 1.165) is 5.56 Å². The van der Waals surface area contributed by atoms with Crippen LogP contribution in [0.15, 0.2) is 59.5 Å². The molecule has 6 nitrogen and oxygen atoms in total. The van der Waals surface area contributed by atoms with Gasteiger partial charge in [0.25, 0.3) is 0 Å². The van der Waals surface area contributed by atoms with Gasteiger partial charge in [-0.25, -0.2) is 8.42 Å². The van der Waals surface area contributed by atoms with E-state index in [1.165, 1.54) is 22.5 Å². The van der Waals surface area contributed by atoms with Crippen LogP contribution in [0.2, 0.25) is 5.02 Å². The molecule has 142 valence electrons. The van der Waals surface area contributed by atoms with E-state index in [1.807, 2.05) is 0 Å². The molecule has 1 fully saturated rings. The number of nitrogens with one attached hydrogen (secondary N) is 1. The maximum Gasteiger partial charge on any atom is 0.248 e. The first-order chi connectivity index (χ1) is 12.9. The van der Waals surface area contributed by atoms with Gasteiger partial charge in [0.1, 0.15) is 0 Å². The van der Waals surface area contributed by atoms with E-state index in [1.54, 1.807) is 42.5 Å². The molecule has 1 heterocycles. The standard InChI is InChI=1S/C19H19ClN2O4S/c20-16-7-4-15(5-8-16)6-9-19(23)21-17-2-1-3-18(14-17)27(24,25)22-10-12-26-13-11-22/h1-9,14H,10-13H2,(H,21,23)/b9-6+. The van der Waals surface area contributed by atoms with E-state index in [-0.39, 0.29) is 10.8 Å². The van der Waals surface area contributed by atoms with Crippen molar-refractivity contribution >= 4 is 39.3 Å². The Balaban J connectivity index is 1.69. The number of anilines is 1. The largest absolute Gasteiger partial charge is 0.379 e. The zero-order valence-electron chi connectivity index (χ0n) is 14.5. The zero-order valence-corrected chi connectivity index (χ0v) is 16.0. The average molecular weight is 407 g/mol. The molecule has 0 saturated carbocycles. The van der Waals surface area contributed by atoms with Crippen molar-refractivity contribution in [1.29, 1.82) is 0 Å². The first-order valence-corrected chi connectivity index (χ1v) is 10.2. The normalized spacial score (nSPS) is 15.7. The molecule has 8 heteroatoms. The number of hydrogen-bond acceptors (Lipinski definition) is 4. The number of ether oxygens (including phenoxy) is 1. The number of rotatable bonds is 5. The summed E-state index contributed by atoms with van der Waals surface area (Å²) in [7, 11) is -3.61. The van der Waals surface area contributed by atoms with Crippen LogP contribution in [0.25, 0.3) is 6.08 Å². The van der Waals surface area contributed by atoms with E-state index >= 15 is 0 Å². The Morgan fingerprint density at radius 1 is 1.11 bits per heavy atom. The fraction of sp³-hybridized carbons (Fsp3) is 0.211. The smallest absolute Gasteiger partial charge is 0.248 e. The Morgan fingerprint density at radius 2 is 1.81 bits per heavy atom. The maximum absolute atomic E-state index is 12.7. The lowest BCUT2D eigenvalue weighted by molar-refractivity contribution is -0.111. The molecule has 2 aromatic carbocycles. The highest BCUT2D eigenvalue weighted by molar-refractivity contribution is 7.89. The summed E-state index contributed by atoms with van der Waals surface area (Å²) in [5.41, 5.74) is 1.24. The highest BCUT2D eigenvalue weighted by Gasteiger charge is 2.26. The molecule has 1 N–H and O–H groups in total. The first-order valence-electron chi connectivity index (χ1n) is 8.38. The molecular formula is C19H19ClN2O4S. The van der Waals surface area contributed by atoms with Gasteiger partial charge in [-0.1, -0.05) is 29.8 Å². The van der Waals surface area contributed by atoms with Gasteiger partial charge in [0, 0.05) is 29.9 Å². The van der Waals surface area contributed by atoms with Gasteiger partial charge in [-0.3, -0.25) is 4.79 Å². The third-order valence-electron chi connectivity index (χ3n) is 4.01. The molecule has 0 aliphatic carbocycles. The van der Waals surface area contributed by atoms with Crippen LogP contribution >= 0.6 is 11.6 Å². The molecule has 27 heavy (non-hydrogen) atoms. The van der Waals surface area contributed by atoms with Crippen molar-refractivity contribution in [3.63, 3.8) is 0 Å². The summed E-state index contributed by atoms with van der Waals surface area (Å²) in [6.45, 7) is 1.40. The predicted octanol–water partition coefficient (Wildman–Crippen LogP) is 3.01. The number of nitrogens with zero attached hydrogens (tertiary/aromatic N) is 1. The van der Waals surface area contributed by atoms with Crippen molar-refractivity contribution in [3.8, 4) is 0 Å².